The fourth-order valence-electron chi connectivity index (χ4n) is 4.51. The number of hydrogen-bond donors (Lipinski definition) is 2. The van der Waals surface area contributed by atoms with Crippen LogP contribution in [0.15, 0.2) is 30.4 Å². The Morgan fingerprint density at radius 3 is 2.97 bits per heavy atom. The first kappa shape index (κ1) is 22.4. The molecule has 0 amide bonds. The Morgan fingerprint density at radius 2 is 2.23 bits per heavy atom. The molecule has 3 rings (SSSR count). The molecule has 0 aromatic heterocycles. The fourth-order valence-corrected chi connectivity index (χ4v) is 4.51. The Morgan fingerprint density at radius 1 is 1.43 bits per heavy atom. The summed E-state index contributed by atoms with van der Waals surface area (Å²) >= 11 is 0. The van der Waals surface area contributed by atoms with Crippen molar-refractivity contribution in [2.24, 2.45) is 11.8 Å². The summed E-state index contributed by atoms with van der Waals surface area (Å²) in [6.45, 7) is 3.77. The summed E-state index contributed by atoms with van der Waals surface area (Å²) in [5, 5.41) is 21.1. The van der Waals surface area contributed by atoms with E-state index in [1.54, 1.807) is 13.0 Å². The maximum atomic E-state index is 11.4. The summed E-state index contributed by atoms with van der Waals surface area (Å²) < 4.78 is 11.0. The van der Waals surface area contributed by atoms with Crippen molar-refractivity contribution in [1.29, 1.82) is 0 Å². The van der Waals surface area contributed by atoms with Crippen LogP contribution in [0.2, 0.25) is 0 Å². The number of esters is 1. The second kappa shape index (κ2) is 10.1. The number of aliphatic hydroxyl groups excluding tert-OH is 2. The third-order valence-corrected chi connectivity index (χ3v) is 6.26. The van der Waals surface area contributed by atoms with Crippen molar-refractivity contribution in [2.45, 2.75) is 70.2 Å². The van der Waals surface area contributed by atoms with E-state index in [1.165, 1.54) is 7.11 Å². The Labute approximate surface area is 179 Å². The molecule has 1 aliphatic heterocycles. The van der Waals surface area contributed by atoms with Gasteiger partial charge in [-0.1, -0.05) is 37.3 Å². The molecule has 0 spiro atoms. The first-order valence-corrected chi connectivity index (χ1v) is 10.8. The number of carbonyl (C=O) groups is 1. The molecule has 2 aliphatic rings. The van der Waals surface area contributed by atoms with Crippen molar-refractivity contribution in [3.8, 4) is 17.6 Å². The zero-order chi connectivity index (χ0) is 21.7. The highest BCUT2D eigenvalue weighted by Crippen LogP contribution is 2.52. The Kier molecular flexibility index (Phi) is 7.58. The lowest BCUT2D eigenvalue weighted by molar-refractivity contribution is -0.140. The number of aliphatic hydroxyl groups is 2. The topological polar surface area (TPSA) is 76.0 Å². The quantitative estimate of drug-likeness (QED) is 0.389. The van der Waals surface area contributed by atoms with Crippen LogP contribution in [0.25, 0.3) is 0 Å². The third kappa shape index (κ3) is 4.88. The lowest BCUT2D eigenvalue weighted by Gasteiger charge is -2.19. The van der Waals surface area contributed by atoms with Crippen molar-refractivity contribution < 1.29 is 24.5 Å². The second-order valence-corrected chi connectivity index (χ2v) is 8.31. The molecule has 30 heavy (non-hydrogen) atoms. The van der Waals surface area contributed by atoms with Crippen LogP contribution in [-0.4, -0.2) is 41.6 Å². The zero-order valence-corrected chi connectivity index (χ0v) is 18.0. The lowest BCUT2D eigenvalue weighted by Crippen LogP contribution is -2.19. The van der Waals surface area contributed by atoms with E-state index >= 15 is 0 Å². The van der Waals surface area contributed by atoms with E-state index in [2.05, 4.69) is 17.9 Å². The first-order chi connectivity index (χ1) is 14.5. The SMILES string of the molecule is CC#CC[C@H](C)C(O)/C=C/[C@H]1[C@@H]2c3cccc(CCCC(=O)OC)c3O[C@@H]2C[C@@H]1O. The standard InChI is InChI=1S/C25H32O5/c1-4-5-8-16(2)20(26)14-13-18-21(27)15-22-24(18)19-11-6-9-17(25(19)30-22)10-7-12-23(28)29-3/h6,9,11,13-14,16,18,20-22,24,26-27H,7-8,10,12,15H2,1-3H3/b14-13+/t16-,18+,20?,21-,22+,24+/m0/s1. The predicted octanol–water partition coefficient (Wildman–Crippen LogP) is 3.37. The Balaban J connectivity index is 1.73. The van der Waals surface area contributed by atoms with Gasteiger partial charge in [-0.05, 0) is 31.2 Å². The molecule has 5 nitrogen and oxygen atoms in total. The summed E-state index contributed by atoms with van der Waals surface area (Å²) in [7, 11) is 1.40. The second-order valence-electron chi connectivity index (χ2n) is 8.31. The van der Waals surface area contributed by atoms with Crippen molar-refractivity contribution in [3.63, 3.8) is 0 Å². The molecular weight excluding hydrogens is 380 g/mol. The number of benzene rings is 1. The van der Waals surface area contributed by atoms with Crippen LogP contribution in [-0.2, 0) is 16.0 Å². The van der Waals surface area contributed by atoms with Gasteiger partial charge in [-0.15, -0.1) is 11.8 Å². The largest absolute Gasteiger partial charge is 0.489 e. The zero-order valence-electron chi connectivity index (χ0n) is 18.0. The van der Waals surface area contributed by atoms with Gasteiger partial charge in [0.05, 0.1) is 19.3 Å². The van der Waals surface area contributed by atoms with E-state index in [9.17, 15) is 15.0 Å². The minimum atomic E-state index is -0.594. The summed E-state index contributed by atoms with van der Waals surface area (Å²) in [5.41, 5.74) is 2.20. The number of methoxy groups -OCH3 is 1. The molecule has 0 saturated heterocycles. The van der Waals surface area contributed by atoms with Crippen molar-refractivity contribution in [3.05, 3.63) is 41.5 Å². The van der Waals surface area contributed by atoms with Crippen molar-refractivity contribution in [1.82, 2.24) is 0 Å². The monoisotopic (exact) mass is 412 g/mol. The highest BCUT2D eigenvalue weighted by atomic mass is 16.5. The van der Waals surface area contributed by atoms with Gasteiger partial charge in [-0.3, -0.25) is 4.79 Å². The molecule has 6 atom stereocenters. The Bertz CT molecular complexity index is 834. The molecule has 1 saturated carbocycles. The average molecular weight is 413 g/mol. The van der Waals surface area contributed by atoms with Gasteiger partial charge >= 0.3 is 5.97 Å². The van der Waals surface area contributed by atoms with Gasteiger partial charge in [0, 0.05) is 36.7 Å². The molecule has 1 aromatic carbocycles. The molecule has 1 fully saturated rings. The van der Waals surface area contributed by atoms with E-state index in [4.69, 9.17) is 9.47 Å². The van der Waals surface area contributed by atoms with E-state index < -0.39 is 12.2 Å². The summed E-state index contributed by atoms with van der Waals surface area (Å²) in [4.78, 5) is 11.4. The van der Waals surface area contributed by atoms with Crippen LogP contribution in [0.5, 0.6) is 5.75 Å². The predicted molar refractivity (Wildman–Crippen MR) is 115 cm³/mol. The van der Waals surface area contributed by atoms with Crippen molar-refractivity contribution in [2.75, 3.05) is 7.11 Å². The third-order valence-electron chi connectivity index (χ3n) is 6.26. The van der Waals surface area contributed by atoms with Gasteiger partial charge in [-0.2, -0.15) is 0 Å². The van der Waals surface area contributed by atoms with Gasteiger partial charge in [-0.25, -0.2) is 0 Å². The molecule has 2 N–H and O–H groups in total. The van der Waals surface area contributed by atoms with Crippen LogP contribution in [0.3, 0.4) is 0 Å². The molecule has 5 heteroatoms. The highest BCUT2D eigenvalue weighted by molar-refractivity contribution is 5.69. The molecule has 1 aliphatic carbocycles. The van der Waals surface area contributed by atoms with Gasteiger partial charge < -0.3 is 19.7 Å². The fraction of sp³-hybridized carbons (Fsp3) is 0.560. The number of para-hydroxylation sites is 1. The summed E-state index contributed by atoms with van der Waals surface area (Å²) in [5.74, 6) is 6.58. The van der Waals surface area contributed by atoms with Gasteiger partial charge in [0.1, 0.15) is 11.9 Å². The Hall–Kier alpha value is -2.29. The van der Waals surface area contributed by atoms with Gasteiger partial charge in [0.25, 0.3) is 0 Å². The van der Waals surface area contributed by atoms with E-state index in [1.807, 2.05) is 25.1 Å². The van der Waals surface area contributed by atoms with Crippen LogP contribution in [0.4, 0.5) is 0 Å². The minimum absolute atomic E-state index is 0.0385. The molecule has 1 unspecified atom stereocenters. The normalized spacial score (nSPS) is 26.3. The maximum absolute atomic E-state index is 11.4. The molecule has 0 radical (unpaired) electrons. The molecule has 162 valence electrons. The van der Waals surface area contributed by atoms with E-state index in [0.29, 0.717) is 25.7 Å². The number of fused-ring (bicyclic) bond motifs is 3. The number of hydrogen-bond acceptors (Lipinski definition) is 5. The van der Waals surface area contributed by atoms with Gasteiger partial charge in [0.15, 0.2) is 0 Å². The van der Waals surface area contributed by atoms with Crippen LogP contribution in [0, 0.1) is 23.7 Å². The van der Waals surface area contributed by atoms with Crippen LogP contribution >= 0.6 is 0 Å². The summed E-state index contributed by atoms with van der Waals surface area (Å²) in [6.07, 6.45) is 5.66. The number of rotatable bonds is 8. The van der Waals surface area contributed by atoms with Crippen LogP contribution < -0.4 is 4.74 Å². The molecule has 1 heterocycles. The first-order valence-electron chi connectivity index (χ1n) is 10.8. The molecule has 0 bridgehead atoms. The average Bonchev–Trinajstić information content (AvgIpc) is 3.25. The lowest BCUT2D eigenvalue weighted by atomic mass is 9.86. The smallest absolute Gasteiger partial charge is 0.305 e. The van der Waals surface area contributed by atoms with E-state index in [-0.39, 0.29) is 29.8 Å². The van der Waals surface area contributed by atoms with E-state index in [0.717, 1.165) is 23.3 Å². The van der Waals surface area contributed by atoms with Crippen molar-refractivity contribution >= 4 is 5.97 Å². The van der Waals surface area contributed by atoms with Crippen LogP contribution in [0.1, 0.15) is 56.6 Å². The molecular formula is C25H32O5. The summed E-state index contributed by atoms with van der Waals surface area (Å²) in [6, 6.07) is 6.13. The molecule has 1 aromatic rings. The minimum Gasteiger partial charge on any atom is -0.489 e. The number of carbonyl (C=O) groups excluding carboxylic acids is 1. The number of ether oxygens (including phenoxy) is 2. The number of aryl methyl sites for hydroxylation is 1. The van der Waals surface area contributed by atoms with Gasteiger partial charge in [0.2, 0.25) is 0 Å². The maximum Gasteiger partial charge on any atom is 0.305 e. The highest BCUT2D eigenvalue weighted by Gasteiger charge is 2.48.